The molecule has 2 N–H and O–H groups in total. The molecule has 0 saturated heterocycles. The molecule has 1 aromatic heterocycles. The summed E-state index contributed by atoms with van der Waals surface area (Å²) in [5, 5.41) is 0.601. The summed E-state index contributed by atoms with van der Waals surface area (Å²) in [6.45, 7) is 5.67. The van der Waals surface area contributed by atoms with Gasteiger partial charge in [0.1, 0.15) is 11.3 Å². The van der Waals surface area contributed by atoms with Crippen LogP contribution < -0.4 is 17.3 Å². The zero-order chi connectivity index (χ0) is 15.9. The molecule has 0 aliphatic carbocycles. The third-order valence-corrected chi connectivity index (χ3v) is 3.92. The molecular formula is C19H19N2O2. The first-order chi connectivity index (χ1) is 10.5. The van der Waals surface area contributed by atoms with E-state index in [0.717, 1.165) is 16.7 Å². The molecule has 2 aromatic carbocycles. The molecular weight excluding hydrogens is 288 g/mol. The Morgan fingerprint density at radius 1 is 1.09 bits per heavy atom. The lowest BCUT2D eigenvalue weighted by atomic mass is 9.99. The summed E-state index contributed by atoms with van der Waals surface area (Å²) < 4.78 is 6.13. The van der Waals surface area contributed by atoms with Gasteiger partial charge in [-0.1, -0.05) is 36.4 Å². The molecule has 4 nitrogen and oxygen atoms in total. The van der Waals surface area contributed by atoms with Crippen LogP contribution in [0.25, 0.3) is 22.3 Å². The van der Waals surface area contributed by atoms with Crippen molar-refractivity contribution in [1.82, 2.24) is 6.15 Å². The molecule has 117 valence electrons. The lowest BCUT2D eigenvalue weighted by Crippen LogP contribution is -2.12. The first-order valence-electron chi connectivity index (χ1n) is 7.38. The summed E-state index contributed by atoms with van der Waals surface area (Å²) in [7, 11) is 0. The fraction of sp³-hybridized carbons (Fsp3) is 0.211. The van der Waals surface area contributed by atoms with Crippen molar-refractivity contribution >= 4 is 11.0 Å². The van der Waals surface area contributed by atoms with Gasteiger partial charge in [0.05, 0.1) is 5.39 Å². The highest BCUT2D eigenvalue weighted by molar-refractivity contribution is 5.84. The number of nitrogens with two attached hydrogens (primary N) is 1. The van der Waals surface area contributed by atoms with E-state index in [0.29, 0.717) is 22.3 Å². The highest BCUT2D eigenvalue weighted by Crippen LogP contribution is 2.29. The Hall–Kier alpha value is -2.43. The molecule has 0 amide bonds. The monoisotopic (exact) mass is 307 g/mol. The van der Waals surface area contributed by atoms with E-state index in [9.17, 15) is 4.79 Å². The first kappa shape index (κ1) is 16.9. The van der Waals surface area contributed by atoms with Crippen LogP contribution in [0.2, 0.25) is 0 Å². The van der Waals surface area contributed by atoms with Crippen molar-refractivity contribution < 1.29 is 4.42 Å². The number of hydrogen-bond donors (Lipinski definition) is 1. The Morgan fingerprint density at radius 2 is 1.74 bits per heavy atom. The van der Waals surface area contributed by atoms with Crippen LogP contribution in [0.5, 0.6) is 0 Å². The topological polar surface area (TPSA) is 86.7 Å². The minimum absolute atomic E-state index is 0. The molecule has 0 bridgehead atoms. The third-order valence-electron chi connectivity index (χ3n) is 3.92. The molecule has 0 aliphatic rings. The smallest absolute Gasteiger partial charge is 0.196 e. The molecule has 3 radical (unpaired) electrons. The van der Waals surface area contributed by atoms with Crippen LogP contribution in [0.15, 0.2) is 51.7 Å². The molecule has 0 aliphatic heterocycles. The minimum Gasteiger partial charge on any atom is -0.455 e. The van der Waals surface area contributed by atoms with E-state index in [-0.39, 0.29) is 17.6 Å². The summed E-state index contributed by atoms with van der Waals surface area (Å²) in [6.07, 6.45) is 0. The van der Waals surface area contributed by atoms with Gasteiger partial charge in [-0.25, -0.2) is 0 Å². The van der Waals surface area contributed by atoms with E-state index in [4.69, 9.17) is 10.2 Å². The van der Waals surface area contributed by atoms with E-state index < -0.39 is 0 Å². The third kappa shape index (κ3) is 2.91. The molecule has 0 unspecified atom stereocenters. The summed E-state index contributed by atoms with van der Waals surface area (Å²) in [4.78, 5) is 12.7. The second-order valence-corrected chi connectivity index (χ2v) is 5.77. The van der Waals surface area contributed by atoms with Gasteiger partial charge in [0.15, 0.2) is 5.43 Å². The summed E-state index contributed by atoms with van der Waals surface area (Å²) in [5.74, 6) is 0.615. The highest BCUT2D eigenvalue weighted by Gasteiger charge is 2.17. The average Bonchev–Trinajstić information content (AvgIpc) is 2.51. The number of rotatable bonds is 2. The van der Waals surface area contributed by atoms with Crippen molar-refractivity contribution in [2.75, 3.05) is 0 Å². The molecule has 0 fully saturated rings. The predicted molar refractivity (Wildman–Crippen MR) is 92.1 cm³/mol. The van der Waals surface area contributed by atoms with Gasteiger partial charge in [-0.2, -0.15) is 0 Å². The van der Waals surface area contributed by atoms with E-state index in [1.807, 2.05) is 63.2 Å². The molecule has 0 saturated carbocycles. The van der Waals surface area contributed by atoms with Gasteiger partial charge in [-0.15, -0.1) is 0 Å². The Balaban J connectivity index is 0.00000192. The van der Waals surface area contributed by atoms with Crippen LogP contribution >= 0.6 is 0 Å². The molecule has 1 atom stereocenters. The Bertz CT molecular complexity index is 897. The number of fused-ring (bicyclic) bond motifs is 1. The Labute approximate surface area is 135 Å². The van der Waals surface area contributed by atoms with Crippen LogP contribution in [0, 0.1) is 13.8 Å². The fourth-order valence-electron chi connectivity index (χ4n) is 2.77. The quantitative estimate of drug-likeness (QED) is 0.784. The summed E-state index contributed by atoms with van der Waals surface area (Å²) in [5.41, 5.74) is 10.1. The van der Waals surface area contributed by atoms with Crippen LogP contribution in [0.3, 0.4) is 0 Å². The molecule has 0 spiro atoms. The second kappa shape index (κ2) is 6.36. The predicted octanol–water partition coefficient (Wildman–Crippen LogP) is 3.62. The maximum absolute atomic E-state index is 12.7. The highest BCUT2D eigenvalue weighted by atomic mass is 16.3. The zero-order valence-electron chi connectivity index (χ0n) is 13.5. The van der Waals surface area contributed by atoms with Gasteiger partial charge in [-0.05, 0) is 32.4 Å². The second-order valence-electron chi connectivity index (χ2n) is 5.77. The fourth-order valence-corrected chi connectivity index (χ4v) is 2.77. The van der Waals surface area contributed by atoms with Gasteiger partial charge < -0.3 is 10.2 Å². The molecule has 3 aromatic rings. The van der Waals surface area contributed by atoms with Crippen LogP contribution in [0.1, 0.15) is 29.7 Å². The largest absolute Gasteiger partial charge is 0.455 e. The van der Waals surface area contributed by atoms with Crippen molar-refractivity contribution in [1.29, 1.82) is 0 Å². The number of hydrogen-bond acceptors (Lipinski definition) is 3. The van der Waals surface area contributed by atoms with Gasteiger partial charge >= 0.3 is 0 Å². The van der Waals surface area contributed by atoms with Gasteiger partial charge in [-0.3, -0.25) is 4.79 Å². The summed E-state index contributed by atoms with van der Waals surface area (Å²) >= 11 is 0. The van der Waals surface area contributed by atoms with Crippen LogP contribution in [0.4, 0.5) is 0 Å². The number of nitrogens with zero attached hydrogens (tertiary/aromatic N) is 1. The molecule has 3 rings (SSSR count). The van der Waals surface area contributed by atoms with Gasteiger partial charge in [0.2, 0.25) is 0 Å². The van der Waals surface area contributed by atoms with Gasteiger partial charge in [0, 0.05) is 28.9 Å². The SMILES string of the molecule is Cc1cc([C@@H](C)N)c2oc(-c3ccccc3)c(C)c(=O)c2c1.[N]. The van der Waals surface area contributed by atoms with Crippen molar-refractivity contribution in [3.63, 3.8) is 0 Å². The zero-order valence-corrected chi connectivity index (χ0v) is 13.5. The van der Waals surface area contributed by atoms with E-state index in [2.05, 4.69) is 0 Å². The maximum Gasteiger partial charge on any atom is 0.196 e. The normalized spacial score (nSPS) is 12.0. The standard InChI is InChI=1S/C19H19NO2.N/c1-11-9-15(13(3)20)19-16(10-11)17(21)12(2)18(22-19)14-7-5-4-6-8-14;/h4-10,13H,20H2,1-3H3;/t13-;/m1./s1. The van der Waals surface area contributed by atoms with Crippen molar-refractivity contribution in [3.05, 3.63) is 69.4 Å². The molecule has 23 heavy (non-hydrogen) atoms. The van der Waals surface area contributed by atoms with Crippen molar-refractivity contribution in [2.45, 2.75) is 26.8 Å². The van der Waals surface area contributed by atoms with E-state index in [1.54, 1.807) is 0 Å². The van der Waals surface area contributed by atoms with Crippen molar-refractivity contribution in [2.24, 2.45) is 5.73 Å². The van der Waals surface area contributed by atoms with E-state index >= 15 is 0 Å². The van der Waals surface area contributed by atoms with E-state index in [1.165, 1.54) is 0 Å². The average molecular weight is 307 g/mol. The first-order valence-corrected chi connectivity index (χ1v) is 7.38. The van der Waals surface area contributed by atoms with Crippen LogP contribution in [-0.2, 0) is 0 Å². The number of benzene rings is 2. The molecule has 1 heterocycles. The Kier molecular flexibility index (Phi) is 4.68. The number of aryl methyl sites for hydroxylation is 1. The minimum atomic E-state index is -0.197. The molecule has 4 heteroatoms. The Morgan fingerprint density at radius 3 is 2.35 bits per heavy atom. The van der Waals surface area contributed by atoms with Gasteiger partial charge in [0.25, 0.3) is 0 Å². The lowest BCUT2D eigenvalue weighted by Gasteiger charge is -2.13. The van der Waals surface area contributed by atoms with Crippen LogP contribution in [-0.4, -0.2) is 0 Å². The maximum atomic E-state index is 12.7. The lowest BCUT2D eigenvalue weighted by molar-refractivity contribution is 0.603. The van der Waals surface area contributed by atoms with Crippen molar-refractivity contribution in [3.8, 4) is 11.3 Å². The summed E-state index contributed by atoms with van der Waals surface area (Å²) in [6, 6.07) is 13.3.